The summed E-state index contributed by atoms with van der Waals surface area (Å²) in [6.45, 7) is 1.94. The SMILES string of the molecule is COc1ccc(C)c(C(N)CCC(=O)O)c1Br. The van der Waals surface area contributed by atoms with Gasteiger partial charge in [-0.2, -0.15) is 0 Å². The van der Waals surface area contributed by atoms with Crippen molar-refractivity contribution in [2.75, 3.05) is 7.11 Å². The van der Waals surface area contributed by atoms with E-state index < -0.39 is 5.97 Å². The fraction of sp³-hybridized carbons (Fsp3) is 0.417. The van der Waals surface area contributed by atoms with Crippen molar-refractivity contribution in [3.8, 4) is 5.75 Å². The van der Waals surface area contributed by atoms with E-state index >= 15 is 0 Å². The molecule has 0 aliphatic carbocycles. The van der Waals surface area contributed by atoms with Crippen LogP contribution in [0.3, 0.4) is 0 Å². The van der Waals surface area contributed by atoms with Crippen LogP contribution in [0.1, 0.15) is 30.0 Å². The number of benzene rings is 1. The van der Waals surface area contributed by atoms with E-state index in [4.69, 9.17) is 15.6 Å². The van der Waals surface area contributed by atoms with Gasteiger partial charge in [0.15, 0.2) is 0 Å². The molecule has 0 radical (unpaired) electrons. The van der Waals surface area contributed by atoms with Crippen LogP contribution in [0.5, 0.6) is 5.75 Å². The zero-order valence-electron chi connectivity index (χ0n) is 9.87. The fourth-order valence-corrected chi connectivity index (χ4v) is 2.61. The number of nitrogens with two attached hydrogens (primary N) is 1. The number of halogens is 1. The third-order valence-corrected chi connectivity index (χ3v) is 3.44. The first-order chi connectivity index (χ1) is 7.97. The predicted molar refractivity (Wildman–Crippen MR) is 69.2 cm³/mol. The van der Waals surface area contributed by atoms with E-state index in [1.165, 1.54) is 0 Å². The van der Waals surface area contributed by atoms with Crippen LogP contribution in [0.25, 0.3) is 0 Å². The molecule has 0 heterocycles. The number of methoxy groups -OCH3 is 1. The van der Waals surface area contributed by atoms with Crippen LogP contribution in [0, 0.1) is 6.92 Å². The minimum atomic E-state index is -0.836. The van der Waals surface area contributed by atoms with E-state index in [9.17, 15) is 4.79 Å². The molecule has 3 N–H and O–H groups in total. The number of carboxylic acid groups (broad SMARTS) is 1. The topological polar surface area (TPSA) is 72.5 Å². The molecule has 94 valence electrons. The van der Waals surface area contributed by atoms with Gasteiger partial charge in [0.05, 0.1) is 11.6 Å². The molecule has 0 bridgehead atoms. The molecule has 0 fully saturated rings. The summed E-state index contributed by atoms with van der Waals surface area (Å²) in [5, 5.41) is 8.66. The van der Waals surface area contributed by atoms with Gasteiger partial charge in [-0.15, -0.1) is 0 Å². The smallest absolute Gasteiger partial charge is 0.303 e. The normalized spacial score (nSPS) is 12.2. The van der Waals surface area contributed by atoms with Crippen molar-refractivity contribution in [3.05, 3.63) is 27.7 Å². The first-order valence-electron chi connectivity index (χ1n) is 5.27. The summed E-state index contributed by atoms with van der Waals surface area (Å²) in [6.07, 6.45) is 0.464. The molecule has 1 rings (SSSR count). The van der Waals surface area contributed by atoms with E-state index in [0.717, 1.165) is 15.6 Å². The highest BCUT2D eigenvalue weighted by Gasteiger charge is 2.17. The molecule has 1 aromatic carbocycles. The van der Waals surface area contributed by atoms with Crippen molar-refractivity contribution in [2.24, 2.45) is 5.73 Å². The summed E-state index contributed by atoms with van der Waals surface area (Å²) >= 11 is 3.45. The van der Waals surface area contributed by atoms with E-state index in [0.29, 0.717) is 12.2 Å². The molecule has 1 unspecified atom stereocenters. The molecule has 0 aromatic heterocycles. The lowest BCUT2D eigenvalue weighted by atomic mass is 9.98. The molecule has 0 amide bonds. The van der Waals surface area contributed by atoms with Gasteiger partial charge in [-0.3, -0.25) is 4.79 Å². The van der Waals surface area contributed by atoms with Crippen LogP contribution in [-0.2, 0) is 4.79 Å². The van der Waals surface area contributed by atoms with Crippen LogP contribution >= 0.6 is 15.9 Å². The van der Waals surface area contributed by atoms with Gasteiger partial charge in [-0.25, -0.2) is 0 Å². The van der Waals surface area contributed by atoms with Crippen molar-refractivity contribution in [3.63, 3.8) is 0 Å². The van der Waals surface area contributed by atoms with Gasteiger partial charge in [0.25, 0.3) is 0 Å². The quantitative estimate of drug-likeness (QED) is 0.877. The summed E-state index contributed by atoms with van der Waals surface area (Å²) < 4.78 is 6.00. The maximum absolute atomic E-state index is 10.5. The van der Waals surface area contributed by atoms with E-state index in [1.54, 1.807) is 7.11 Å². The highest BCUT2D eigenvalue weighted by atomic mass is 79.9. The third kappa shape index (κ3) is 3.44. The number of hydrogen-bond acceptors (Lipinski definition) is 3. The zero-order valence-corrected chi connectivity index (χ0v) is 11.5. The van der Waals surface area contributed by atoms with Crippen LogP contribution in [0.4, 0.5) is 0 Å². The molecule has 0 saturated carbocycles. The highest BCUT2D eigenvalue weighted by molar-refractivity contribution is 9.10. The Hall–Kier alpha value is -1.07. The Morgan fingerprint density at radius 2 is 2.24 bits per heavy atom. The number of carbonyl (C=O) groups is 1. The van der Waals surface area contributed by atoms with Crippen LogP contribution in [-0.4, -0.2) is 18.2 Å². The third-order valence-electron chi connectivity index (χ3n) is 2.62. The average Bonchev–Trinajstić information content (AvgIpc) is 2.26. The summed E-state index contributed by atoms with van der Waals surface area (Å²) in [5.41, 5.74) is 7.95. The highest BCUT2D eigenvalue weighted by Crippen LogP contribution is 2.35. The summed E-state index contributed by atoms with van der Waals surface area (Å²) in [4.78, 5) is 10.5. The largest absolute Gasteiger partial charge is 0.496 e. The van der Waals surface area contributed by atoms with Gasteiger partial charge in [0.2, 0.25) is 0 Å². The molecule has 5 heteroatoms. The maximum atomic E-state index is 10.5. The maximum Gasteiger partial charge on any atom is 0.303 e. The second kappa shape index (κ2) is 6.02. The first kappa shape index (κ1) is 14.0. The van der Waals surface area contributed by atoms with E-state index in [1.807, 2.05) is 19.1 Å². The molecule has 0 aliphatic rings. The van der Waals surface area contributed by atoms with Crippen LogP contribution < -0.4 is 10.5 Å². The number of aliphatic carboxylic acids is 1. The number of ether oxygens (including phenoxy) is 1. The molecule has 0 spiro atoms. The zero-order chi connectivity index (χ0) is 13.0. The molecule has 0 saturated heterocycles. The van der Waals surface area contributed by atoms with Crippen molar-refractivity contribution < 1.29 is 14.6 Å². The van der Waals surface area contributed by atoms with Gasteiger partial charge < -0.3 is 15.6 Å². The minimum Gasteiger partial charge on any atom is -0.496 e. The number of rotatable bonds is 5. The lowest BCUT2D eigenvalue weighted by Gasteiger charge is -2.17. The lowest BCUT2D eigenvalue weighted by molar-refractivity contribution is -0.137. The molecule has 17 heavy (non-hydrogen) atoms. The number of hydrogen-bond donors (Lipinski definition) is 2. The summed E-state index contributed by atoms with van der Waals surface area (Å²) in [6, 6.07) is 3.46. The Morgan fingerprint density at radius 1 is 1.59 bits per heavy atom. The Labute approximate surface area is 109 Å². The molecular formula is C12H16BrNO3. The Balaban J connectivity index is 2.99. The van der Waals surface area contributed by atoms with Gasteiger partial charge in [0.1, 0.15) is 5.75 Å². The van der Waals surface area contributed by atoms with Gasteiger partial charge >= 0.3 is 5.97 Å². The van der Waals surface area contributed by atoms with Crippen molar-refractivity contribution >= 4 is 21.9 Å². The lowest BCUT2D eigenvalue weighted by Crippen LogP contribution is -2.14. The fourth-order valence-electron chi connectivity index (χ4n) is 1.71. The standard InChI is InChI=1S/C12H16BrNO3/c1-7-3-5-9(17-2)12(13)11(7)8(14)4-6-10(15)16/h3,5,8H,4,6,14H2,1-2H3,(H,15,16). The van der Waals surface area contributed by atoms with Crippen LogP contribution in [0.2, 0.25) is 0 Å². The molecular weight excluding hydrogens is 286 g/mol. The number of aryl methyl sites for hydroxylation is 1. The molecule has 0 aliphatic heterocycles. The first-order valence-corrected chi connectivity index (χ1v) is 6.07. The Morgan fingerprint density at radius 3 is 2.76 bits per heavy atom. The van der Waals surface area contributed by atoms with Crippen molar-refractivity contribution in [1.82, 2.24) is 0 Å². The van der Waals surface area contributed by atoms with Gasteiger partial charge in [0, 0.05) is 12.5 Å². The van der Waals surface area contributed by atoms with Gasteiger partial charge in [-0.1, -0.05) is 6.07 Å². The monoisotopic (exact) mass is 301 g/mol. The van der Waals surface area contributed by atoms with E-state index in [-0.39, 0.29) is 12.5 Å². The predicted octanol–water partition coefficient (Wildman–Crippen LogP) is 2.63. The molecule has 1 atom stereocenters. The Bertz CT molecular complexity index is 420. The Kier molecular flexibility index (Phi) is 4.96. The second-order valence-corrected chi connectivity index (χ2v) is 4.64. The van der Waals surface area contributed by atoms with Gasteiger partial charge in [-0.05, 0) is 46.5 Å². The summed E-state index contributed by atoms with van der Waals surface area (Å²) in [5.74, 6) is -0.131. The second-order valence-electron chi connectivity index (χ2n) is 3.85. The molecule has 4 nitrogen and oxygen atoms in total. The average molecular weight is 302 g/mol. The van der Waals surface area contributed by atoms with Crippen LogP contribution in [0.15, 0.2) is 16.6 Å². The van der Waals surface area contributed by atoms with Crippen molar-refractivity contribution in [2.45, 2.75) is 25.8 Å². The van der Waals surface area contributed by atoms with Crippen molar-refractivity contribution in [1.29, 1.82) is 0 Å². The molecule has 1 aromatic rings. The minimum absolute atomic E-state index is 0.0598. The number of carboxylic acids is 1. The van der Waals surface area contributed by atoms with E-state index in [2.05, 4.69) is 15.9 Å². The summed E-state index contributed by atoms with van der Waals surface area (Å²) in [7, 11) is 1.59.